The maximum absolute atomic E-state index is 11.8. The second kappa shape index (κ2) is 5.36. The van der Waals surface area contributed by atoms with Gasteiger partial charge < -0.3 is 15.2 Å². The molecule has 0 radical (unpaired) electrons. The predicted octanol–water partition coefficient (Wildman–Crippen LogP) is 0.683. The minimum Gasteiger partial charge on any atom is -0.506 e. The van der Waals surface area contributed by atoms with Gasteiger partial charge in [-0.05, 0) is 23.8 Å². The maximum Gasteiger partial charge on any atom is 0.330 e. The maximum atomic E-state index is 11.8. The van der Waals surface area contributed by atoms with Crippen LogP contribution in [0, 0.1) is 0 Å². The number of anilines is 1. The average Bonchev–Trinajstić information content (AvgIpc) is 2.72. The van der Waals surface area contributed by atoms with Gasteiger partial charge in [0, 0.05) is 18.2 Å². The van der Waals surface area contributed by atoms with Crippen molar-refractivity contribution in [3.63, 3.8) is 0 Å². The lowest BCUT2D eigenvalue weighted by atomic mass is 10.1. The van der Waals surface area contributed by atoms with Crippen LogP contribution in [0.1, 0.15) is 11.3 Å². The lowest BCUT2D eigenvalue weighted by Crippen LogP contribution is -2.29. The van der Waals surface area contributed by atoms with Gasteiger partial charge in [-0.2, -0.15) is 8.42 Å². The van der Waals surface area contributed by atoms with Gasteiger partial charge in [-0.1, -0.05) is 12.1 Å². The largest absolute Gasteiger partial charge is 0.506 e. The Kier molecular flexibility index (Phi) is 3.49. The number of aliphatic hydroxyl groups excluding tert-OH is 1. The first-order valence-electron chi connectivity index (χ1n) is 6.58. The summed E-state index contributed by atoms with van der Waals surface area (Å²) in [6.45, 7) is 0. The Morgan fingerprint density at radius 2 is 1.91 bits per heavy atom. The number of hydrogen-bond acceptors (Lipinski definition) is 5. The molecular formula is C14H13N3O5S. The first-order chi connectivity index (χ1) is 10.8. The summed E-state index contributed by atoms with van der Waals surface area (Å²) in [7, 11) is -3.96. The van der Waals surface area contributed by atoms with E-state index in [4.69, 9.17) is 0 Å². The number of aromatic nitrogens is 1. The molecule has 1 aromatic heterocycles. The van der Waals surface area contributed by atoms with E-state index < -0.39 is 16.1 Å². The van der Waals surface area contributed by atoms with Crippen molar-refractivity contribution >= 4 is 15.9 Å². The molecule has 120 valence electrons. The summed E-state index contributed by atoms with van der Waals surface area (Å²) in [5, 5.41) is 19.4. The number of rotatable bonds is 3. The zero-order valence-electron chi connectivity index (χ0n) is 11.7. The average molecular weight is 335 g/mol. The fourth-order valence-electron chi connectivity index (χ4n) is 2.27. The third-order valence-corrected chi connectivity index (χ3v) is 4.52. The zero-order chi connectivity index (χ0) is 16.6. The standard InChI is InChI=1S/C14H13N3O5S/c18-12-7-9(6-10-2-1-3-13(19)15-10)4-5-11(12)17-8-14(20)16-23(17,21)22/h1-5,7-8,16,18,20H,6H2,(H,15,19). The molecule has 0 fully saturated rings. The molecule has 4 N–H and O–H groups in total. The van der Waals surface area contributed by atoms with E-state index in [2.05, 4.69) is 4.98 Å². The van der Waals surface area contributed by atoms with Crippen LogP contribution in [-0.2, 0) is 16.6 Å². The van der Waals surface area contributed by atoms with Gasteiger partial charge in [0.2, 0.25) is 11.4 Å². The predicted molar refractivity (Wildman–Crippen MR) is 83.2 cm³/mol. The Bertz CT molecular complexity index is 949. The summed E-state index contributed by atoms with van der Waals surface area (Å²) in [5.74, 6) is -0.799. The van der Waals surface area contributed by atoms with Crippen molar-refractivity contribution in [3.05, 3.63) is 70.1 Å². The molecular weight excluding hydrogens is 322 g/mol. The van der Waals surface area contributed by atoms with Crippen LogP contribution in [-0.4, -0.2) is 23.6 Å². The monoisotopic (exact) mass is 335 g/mol. The molecule has 2 heterocycles. The Morgan fingerprint density at radius 3 is 2.52 bits per heavy atom. The zero-order valence-corrected chi connectivity index (χ0v) is 12.5. The molecule has 9 heteroatoms. The number of aliphatic hydroxyl groups is 1. The van der Waals surface area contributed by atoms with Crippen molar-refractivity contribution in [1.29, 1.82) is 0 Å². The number of nitrogens with zero attached hydrogens (tertiary/aromatic N) is 1. The van der Waals surface area contributed by atoms with Crippen LogP contribution in [0.2, 0.25) is 0 Å². The number of nitrogens with one attached hydrogen (secondary N) is 2. The topological polar surface area (TPSA) is 123 Å². The molecule has 0 atom stereocenters. The molecule has 1 aromatic carbocycles. The molecule has 1 aliphatic rings. The number of phenols is 1. The van der Waals surface area contributed by atoms with Gasteiger partial charge in [0.15, 0.2) is 0 Å². The Labute approximate surface area is 131 Å². The third kappa shape index (κ3) is 2.99. The van der Waals surface area contributed by atoms with Crippen LogP contribution in [0.15, 0.2) is 53.3 Å². The summed E-state index contributed by atoms with van der Waals surface area (Å²) in [6.07, 6.45) is 1.33. The second-order valence-electron chi connectivity index (χ2n) is 4.96. The van der Waals surface area contributed by atoms with E-state index in [1.807, 2.05) is 4.72 Å². The highest BCUT2D eigenvalue weighted by Crippen LogP contribution is 2.32. The van der Waals surface area contributed by atoms with Gasteiger partial charge in [0.05, 0.1) is 6.20 Å². The number of benzene rings is 1. The van der Waals surface area contributed by atoms with Crippen molar-refractivity contribution in [2.24, 2.45) is 0 Å². The fourth-order valence-corrected chi connectivity index (χ4v) is 3.34. The van der Waals surface area contributed by atoms with Crippen molar-refractivity contribution < 1.29 is 18.6 Å². The van der Waals surface area contributed by atoms with Gasteiger partial charge in [0.1, 0.15) is 11.4 Å². The van der Waals surface area contributed by atoms with E-state index in [-0.39, 0.29) is 17.0 Å². The molecule has 0 amide bonds. The molecule has 0 saturated heterocycles. The van der Waals surface area contributed by atoms with Crippen LogP contribution < -0.4 is 14.6 Å². The van der Waals surface area contributed by atoms with E-state index in [0.29, 0.717) is 17.7 Å². The molecule has 8 nitrogen and oxygen atoms in total. The molecule has 0 saturated carbocycles. The molecule has 23 heavy (non-hydrogen) atoms. The van der Waals surface area contributed by atoms with Crippen LogP contribution >= 0.6 is 0 Å². The van der Waals surface area contributed by atoms with E-state index in [0.717, 1.165) is 10.5 Å². The minimum atomic E-state index is -3.96. The summed E-state index contributed by atoms with van der Waals surface area (Å²) in [6, 6.07) is 9.20. The van der Waals surface area contributed by atoms with Crippen LogP contribution in [0.5, 0.6) is 5.75 Å². The summed E-state index contributed by atoms with van der Waals surface area (Å²) in [4.78, 5) is 13.9. The number of hydrogen-bond donors (Lipinski definition) is 4. The number of phenolic OH excluding ortho intramolecular Hbond substituents is 1. The number of pyridine rings is 1. The number of aromatic hydroxyl groups is 1. The normalized spacial score (nSPS) is 16.0. The number of H-pyrrole nitrogens is 1. The van der Waals surface area contributed by atoms with Gasteiger partial charge in [-0.3, -0.25) is 4.79 Å². The Balaban J connectivity index is 1.91. The van der Waals surface area contributed by atoms with Gasteiger partial charge in [0.25, 0.3) is 0 Å². The quantitative estimate of drug-likeness (QED) is 0.657. The van der Waals surface area contributed by atoms with Crippen LogP contribution in [0.4, 0.5) is 5.69 Å². The van der Waals surface area contributed by atoms with Crippen LogP contribution in [0.25, 0.3) is 0 Å². The molecule has 0 spiro atoms. The molecule has 2 aromatic rings. The van der Waals surface area contributed by atoms with E-state index in [9.17, 15) is 23.4 Å². The lowest BCUT2D eigenvalue weighted by Gasteiger charge is -2.16. The second-order valence-corrected chi connectivity index (χ2v) is 6.51. The first kappa shape index (κ1) is 15.0. The molecule has 0 bridgehead atoms. The van der Waals surface area contributed by atoms with Crippen LogP contribution in [0.3, 0.4) is 0 Å². The third-order valence-electron chi connectivity index (χ3n) is 3.23. The van der Waals surface area contributed by atoms with Gasteiger partial charge in [-0.25, -0.2) is 9.03 Å². The minimum absolute atomic E-state index is 0.00635. The Morgan fingerprint density at radius 1 is 1.13 bits per heavy atom. The van der Waals surface area contributed by atoms with Crippen molar-refractivity contribution in [2.75, 3.05) is 4.31 Å². The SMILES string of the molecule is O=c1cccc(Cc2ccc(N3C=C(O)NS3(=O)=O)c(O)c2)[nH]1. The Hall–Kier alpha value is -2.94. The first-order valence-corrected chi connectivity index (χ1v) is 8.02. The summed E-state index contributed by atoms with van der Waals surface area (Å²) < 4.78 is 26.2. The molecule has 3 rings (SSSR count). The highest BCUT2D eigenvalue weighted by molar-refractivity contribution is 7.91. The van der Waals surface area contributed by atoms with Crippen molar-refractivity contribution in [3.8, 4) is 5.75 Å². The molecule has 0 unspecified atom stereocenters. The van der Waals surface area contributed by atoms with Crippen molar-refractivity contribution in [1.82, 2.24) is 9.71 Å². The van der Waals surface area contributed by atoms with Gasteiger partial charge in [-0.15, -0.1) is 0 Å². The van der Waals surface area contributed by atoms with E-state index in [1.165, 1.54) is 18.2 Å². The molecule has 0 aliphatic carbocycles. The smallest absolute Gasteiger partial charge is 0.330 e. The van der Waals surface area contributed by atoms with E-state index in [1.54, 1.807) is 18.2 Å². The summed E-state index contributed by atoms with van der Waals surface area (Å²) in [5.41, 5.74) is 1.13. The highest BCUT2D eigenvalue weighted by Gasteiger charge is 2.30. The fraction of sp³-hybridized carbons (Fsp3) is 0.0714. The number of aromatic amines is 1. The molecule has 1 aliphatic heterocycles. The van der Waals surface area contributed by atoms with Crippen molar-refractivity contribution in [2.45, 2.75) is 6.42 Å². The highest BCUT2D eigenvalue weighted by atomic mass is 32.2. The van der Waals surface area contributed by atoms with E-state index >= 15 is 0 Å². The van der Waals surface area contributed by atoms with Gasteiger partial charge >= 0.3 is 10.2 Å². The summed E-state index contributed by atoms with van der Waals surface area (Å²) >= 11 is 0. The lowest BCUT2D eigenvalue weighted by molar-refractivity contribution is 0.392.